The number of primary amides is 1. The molecule has 0 spiro atoms. The van der Waals surface area contributed by atoms with Crippen LogP contribution >= 0.6 is 0 Å². The fourth-order valence-electron chi connectivity index (χ4n) is 1.79. The molecular formula is C14H19NO3. The van der Waals surface area contributed by atoms with E-state index in [4.69, 9.17) is 15.2 Å². The molecule has 4 heteroatoms. The third kappa shape index (κ3) is 3.52. The average Bonchev–Trinajstić information content (AvgIpc) is 2.37. The second kappa shape index (κ2) is 6.69. The van der Waals surface area contributed by atoms with Gasteiger partial charge in [0.05, 0.1) is 14.2 Å². The van der Waals surface area contributed by atoms with Gasteiger partial charge in [0, 0.05) is 5.92 Å². The summed E-state index contributed by atoms with van der Waals surface area (Å²) >= 11 is 0. The first-order valence-electron chi connectivity index (χ1n) is 5.73. The normalized spacial score (nSPS) is 11.7. The van der Waals surface area contributed by atoms with Crippen molar-refractivity contribution < 1.29 is 14.3 Å². The quantitative estimate of drug-likeness (QED) is 0.751. The second-order valence-corrected chi connectivity index (χ2v) is 4.02. The van der Waals surface area contributed by atoms with Crippen molar-refractivity contribution in [3.63, 3.8) is 0 Å². The highest BCUT2D eigenvalue weighted by Crippen LogP contribution is 2.28. The van der Waals surface area contributed by atoms with E-state index in [2.05, 4.69) is 6.58 Å². The summed E-state index contributed by atoms with van der Waals surface area (Å²) < 4.78 is 10.4. The molecule has 18 heavy (non-hydrogen) atoms. The summed E-state index contributed by atoms with van der Waals surface area (Å²) in [7, 11) is 3.17. The standard InChI is InChI=1S/C14H19NO3/c1-4-5-11(14(15)16)8-10-6-7-12(17-2)13(9-10)18-3/h4,6-7,9,11H,1,5,8H2,2-3H3,(H2,15,16)/t11-/m1/s1. The van der Waals surface area contributed by atoms with Gasteiger partial charge >= 0.3 is 0 Å². The summed E-state index contributed by atoms with van der Waals surface area (Å²) in [4.78, 5) is 11.3. The Balaban J connectivity index is 2.89. The lowest BCUT2D eigenvalue weighted by molar-refractivity contribution is -0.121. The number of hydrogen-bond acceptors (Lipinski definition) is 3. The van der Waals surface area contributed by atoms with Crippen molar-refractivity contribution in [2.45, 2.75) is 12.8 Å². The Morgan fingerprint density at radius 1 is 1.39 bits per heavy atom. The number of allylic oxidation sites excluding steroid dienone is 1. The maximum atomic E-state index is 11.3. The van der Waals surface area contributed by atoms with Crippen LogP contribution in [-0.2, 0) is 11.2 Å². The third-order valence-corrected chi connectivity index (χ3v) is 2.78. The molecule has 98 valence electrons. The van der Waals surface area contributed by atoms with E-state index in [0.717, 1.165) is 5.56 Å². The zero-order valence-corrected chi connectivity index (χ0v) is 10.8. The molecule has 1 aromatic rings. The molecule has 0 unspecified atom stereocenters. The number of hydrogen-bond donors (Lipinski definition) is 1. The van der Waals surface area contributed by atoms with Crippen molar-refractivity contribution in [3.05, 3.63) is 36.4 Å². The molecule has 0 aliphatic rings. The van der Waals surface area contributed by atoms with Crippen LogP contribution in [0.2, 0.25) is 0 Å². The number of carbonyl (C=O) groups excluding carboxylic acids is 1. The van der Waals surface area contributed by atoms with Crippen molar-refractivity contribution in [2.24, 2.45) is 11.7 Å². The van der Waals surface area contributed by atoms with Crippen molar-refractivity contribution in [3.8, 4) is 11.5 Å². The van der Waals surface area contributed by atoms with E-state index in [1.807, 2.05) is 18.2 Å². The molecule has 0 saturated heterocycles. The lowest BCUT2D eigenvalue weighted by Gasteiger charge is -2.13. The summed E-state index contributed by atoms with van der Waals surface area (Å²) in [6.07, 6.45) is 2.85. The molecule has 0 heterocycles. The van der Waals surface area contributed by atoms with Gasteiger partial charge in [-0.3, -0.25) is 4.79 Å². The minimum Gasteiger partial charge on any atom is -0.493 e. The molecule has 0 aromatic heterocycles. The first-order valence-corrected chi connectivity index (χ1v) is 5.73. The highest BCUT2D eigenvalue weighted by molar-refractivity contribution is 5.77. The second-order valence-electron chi connectivity index (χ2n) is 4.02. The van der Waals surface area contributed by atoms with Gasteiger partial charge in [0.15, 0.2) is 11.5 Å². The van der Waals surface area contributed by atoms with E-state index >= 15 is 0 Å². The molecule has 1 aromatic carbocycles. The first kappa shape index (κ1) is 14.1. The van der Waals surface area contributed by atoms with E-state index in [-0.39, 0.29) is 11.8 Å². The topological polar surface area (TPSA) is 61.6 Å². The van der Waals surface area contributed by atoms with Gasteiger partial charge in [0.25, 0.3) is 0 Å². The van der Waals surface area contributed by atoms with Crippen LogP contribution in [0.5, 0.6) is 11.5 Å². The average molecular weight is 249 g/mol. The minimum absolute atomic E-state index is 0.236. The molecular weight excluding hydrogens is 230 g/mol. The highest BCUT2D eigenvalue weighted by atomic mass is 16.5. The lowest BCUT2D eigenvalue weighted by Crippen LogP contribution is -2.24. The molecule has 0 bridgehead atoms. The van der Waals surface area contributed by atoms with Gasteiger partial charge in [-0.05, 0) is 30.5 Å². The smallest absolute Gasteiger partial charge is 0.221 e. The van der Waals surface area contributed by atoms with Crippen LogP contribution in [-0.4, -0.2) is 20.1 Å². The van der Waals surface area contributed by atoms with Crippen LogP contribution in [0.3, 0.4) is 0 Å². The van der Waals surface area contributed by atoms with Crippen molar-refractivity contribution in [2.75, 3.05) is 14.2 Å². The van der Waals surface area contributed by atoms with Crippen LogP contribution in [0.4, 0.5) is 0 Å². The Bertz CT molecular complexity index is 429. The first-order chi connectivity index (χ1) is 8.62. The summed E-state index contributed by atoms with van der Waals surface area (Å²) in [6.45, 7) is 3.63. The van der Waals surface area contributed by atoms with Crippen LogP contribution in [0.15, 0.2) is 30.9 Å². The highest BCUT2D eigenvalue weighted by Gasteiger charge is 2.15. The maximum Gasteiger partial charge on any atom is 0.221 e. The Kier molecular flexibility index (Phi) is 5.24. The fourth-order valence-corrected chi connectivity index (χ4v) is 1.79. The van der Waals surface area contributed by atoms with Gasteiger partial charge in [-0.25, -0.2) is 0 Å². The van der Waals surface area contributed by atoms with Crippen LogP contribution in [0.1, 0.15) is 12.0 Å². The fraction of sp³-hybridized carbons (Fsp3) is 0.357. The summed E-state index contributed by atoms with van der Waals surface area (Å²) in [5.41, 5.74) is 6.34. The molecule has 2 N–H and O–H groups in total. The summed E-state index contributed by atoms with van der Waals surface area (Å²) in [6, 6.07) is 5.58. The Morgan fingerprint density at radius 2 is 2.06 bits per heavy atom. The predicted molar refractivity (Wildman–Crippen MR) is 70.7 cm³/mol. The van der Waals surface area contributed by atoms with Gasteiger partial charge in [-0.2, -0.15) is 0 Å². The van der Waals surface area contributed by atoms with Gasteiger partial charge in [0.2, 0.25) is 5.91 Å². The number of methoxy groups -OCH3 is 2. The Morgan fingerprint density at radius 3 is 2.56 bits per heavy atom. The molecule has 0 aliphatic carbocycles. The van der Waals surface area contributed by atoms with E-state index in [9.17, 15) is 4.79 Å². The van der Waals surface area contributed by atoms with Gasteiger partial charge < -0.3 is 15.2 Å². The van der Waals surface area contributed by atoms with Gasteiger partial charge in [-0.15, -0.1) is 6.58 Å². The SMILES string of the molecule is C=CC[C@H](Cc1ccc(OC)c(OC)c1)C(N)=O. The number of amides is 1. The lowest BCUT2D eigenvalue weighted by atomic mass is 9.95. The maximum absolute atomic E-state index is 11.3. The van der Waals surface area contributed by atoms with Crippen LogP contribution < -0.4 is 15.2 Å². The van der Waals surface area contributed by atoms with Gasteiger partial charge in [-0.1, -0.05) is 12.1 Å². The van der Waals surface area contributed by atoms with E-state index in [1.54, 1.807) is 20.3 Å². The van der Waals surface area contributed by atoms with Gasteiger partial charge in [0.1, 0.15) is 0 Å². The van der Waals surface area contributed by atoms with E-state index < -0.39 is 0 Å². The third-order valence-electron chi connectivity index (χ3n) is 2.78. The summed E-state index contributed by atoms with van der Waals surface area (Å²) in [5.74, 6) is 0.766. The molecule has 1 rings (SSSR count). The zero-order valence-electron chi connectivity index (χ0n) is 10.8. The number of rotatable bonds is 7. The molecule has 0 fully saturated rings. The molecule has 0 aliphatic heterocycles. The van der Waals surface area contributed by atoms with Crippen molar-refractivity contribution in [1.82, 2.24) is 0 Å². The number of carbonyl (C=O) groups is 1. The molecule has 0 saturated carbocycles. The van der Waals surface area contributed by atoms with Crippen LogP contribution in [0, 0.1) is 5.92 Å². The Hall–Kier alpha value is -1.97. The van der Waals surface area contributed by atoms with Crippen molar-refractivity contribution >= 4 is 5.91 Å². The largest absolute Gasteiger partial charge is 0.493 e. The predicted octanol–water partition coefficient (Wildman–Crippen LogP) is 1.92. The molecule has 4 nitrogen and oxygen atoms in total. The summed E-state index contributed by atoms with van der Waals surface area (Å²) in [5, 5.41) is 0. The van der Waals surface area contributed by atoms with E-state index in [0.29, 0.717) is 24.3 Å². The van der Waals surface area contributed by atoms with Crippen LogP contribution in [0.25, 0.3) is 0 Å². The van der Waals surface area contributed by atoms with Crippen molar-refractivity contribution in [1.29, 1.82) is 0 Å². The zero-order chi connectivity index (χ0) is 13.5. The van der Waals surface area contributed by atoms with E-state index in [1.165, 1.54) is 0 Å². The number of benzene rings is 1. The monoisotopic (exact) mass is 249 g/mol. The number of nitrogens with two attached hydrogens (primary N) is 1. The number of ether oxygens (including phenoxy) is 2. The molecule has 1 atom stereocenters. The minimum atomic E-state index is -0.315. The Labute approximate surface area is 107 Å². The molecule has 0 radical (unpaired) electrons. The molecule has 1 amide bonds.